The van der Waals surface area contributed by atoms with Crippen LogP contribution in [0.3, 0.4) is 0 Å². The molecule has 8 heteroatoms. The lowest BCUT2D eigenvalue weighted by Crippen LogP contribution is -2.42. The molecule has 39 heavy (non-hydrogen) atoms. The van der Waals surface area contributed by atoms with Crippen LogP contribution in [0.4, 0.5) is 5.69 Å². The number of H-pyrrole nitrogens is 1. The molecule has 1 amide bonds. The molecular weight excluding hydrogens is 488 g/mol. The Morgan fingerprint density at radius 3 is 2.31 bits per heavy atom. The van der Waals surface area contributed by atoms with E-state index in [1.807, 2.05) is 57.8 Å². The highest BCUT2D eigenvalue weighted by Crippen LogP contribution is 2.36. The van der Waals surface area contributed by atoms with E-state index in [-0.39, 0.29) is 18.0 Å². The summed E-state index contributed by atoms with van der Waals surface area (Å²) in [7, 11) is 6.27. The Bertz CT molecular complexity index is 1390. The number of aromatic amines is 1. The van der Waals surface area contributed by atoms with Gasteiger partial charge in [0.05, 0.1) is 6.20 Å². The van der Waals surface area contributed by atoms with Crippen LogP contribution in [-0.2, 0) is 13.6 Å². The molecule has 0 atom stereocenters. The molecule has 0 unspecified atom stereocenters. The first-order valence-corrected chi connectivity index (χ1v) is 14.1. The molecule has 0 radical (unpaired) electrons. The molecule has 1 saturated carbocycles. The van der Waals surface area contributed by atoms with Crippen molar-refractivity contribution in [1.29, 1.82) is 0 Å². The van der Waals surface area contributed by atoms with E-state index in [0.717, 1.165) is 58.7 Å². The number of amides is 1. The first-order chi connectivity index (χ1) is 18.5. The van der Waals surface area contributed by atoms with Gasteiger partial charge in [-0.25, -0.2) is 0 Å². The van der Waals surface area contributed by atoms with E-state index in [2.05, 4.69) is 52.3 Å². The van der Waals surface area contributed by atoms with Gasteiger partial charge in [-0.3, -0.25) is 14.3 Å². The number of rotatable bonds is 8. The number of hydrogen-bond donors (Lipinski definition) is 2. The predicted molar refractivity (Wildman–Crippen MR) is 159 cm³/mol. The summed E-state index contributed by atoms with van der Waals surface area (Å²) in [6, 6.07) is 7.19. The highest BCUT2D eigenvalue weighted by Gasteiger charge is 2.28. The van der Waals surface area contributed by atoms with Gasteiger partial charge >= 0.3 is 0 Å². The summed E-state index contributed by atoms with van der Waals surface area (Å²) in [5.74, 6) is -0.177. The quantitative estimate of drug-likeness (QED) is 0.442. The molecule has 1 aliphatic carbocycles. The Kier molecular flexibility index (Phi) is 8.64. The minimum Gasteiger partial charge on any atom is -0.369 e. The first-order valence-electron chi connectivity index (χ1n) is 14.1. The monoisotopic (exact) mass is 532 g/mol. The lowest BCUT2D eigenvalue weighted by Gasteiger charge is -2.40. The van der Waals surface area contributed by atoms with Crippen molar-refractivity contribution in [2.24, 2.45) is 7.05 Å². The van der Waals surface area contributed by atoms with Crippen LogP contribution < -0.4 is 15.8 Å². The summed E-state index contributed by atoms with van der Waals surface area (Å²) in [6.07, 6.45) is 6.48. The van der Waals surface area contributed by atoms with Gasteiger partial charge in [-0.2, -0.15) is 5.10 Å². The standard InChI is InChI=1S/C31H44N6O2/c1-9-37(25-12-10-24(11-13-25)35(6)7)29-16-23(28-18-33-36(8)22(28)5)15-26(21(29)4)30(38)32-17-27-19(2)14-20(3)34-31(27)39/h14-16,18,24-25H,9-13,17H2,1-8H3,(H,32,38)(H,34,39). The second-order valence-corrected chi connectivity index (χ2v) is 11.3. The molecule has 0 bridgehead atoms. The molecule has 0 aliphatic heterocycles. The van der Waals surface area contributed by atoms with Crippen molar-refractivity contribution in [2.45, 2.75) is 78.9 Å². The van der Waals surface area contributed by atoms with Gasteiger partial charge in [-0.1, -0.05) is 0 Å². The van der Waals surface area contributed by atoms with Crippen LogP contribution in [0.5, 0.6) is 0 Å². The van der Waals surface area contributed by atoms with E-state index in [1.54, 1.807) is 0 Å². The number of nitrogens with zero attached hydrogens (tertiary/aromatic N) is 4. The third kappa shape index (κ3) is 5.96. The number of benzene rings is 1. The van der Waals surface area contributed by atoms with Gasteiger partial charge in [0.15, 0.2) is 0 Å². The normalized spacial score (nSPS) is 17.5. The maximum absolute atomic E-state index is 13.7. The lowest BCUT2D eigenvalue weighted by atomic mass is 9.88. The zero-order valence-corrected chi connectivity index (χ0v) is 24.8. The molecule has 1 fully saturated rings. The Balaban J connectivity index is 1.71. The molecule has 210 valence electrons. The van der Waals surface area contributed by atoms with Crippen molar-refractivity contribution in [3.63, 3.8) is 0 Å². The van der Waals surface area contributed by atoms with Crippen LogP contribution in [0.2, 0.25) is 0 Å². The van der Waals surface area contributed by atoms with Crippen molar-refractivity contribution in [1.82, 2.24) is 25.0 Å². The van der Waals surface area contributed by atoms with Crippen molar-refractivity contribution >= 4 is 11.6 Å². The molecule has 1 aromatic carbocycles. The van der Waals surface area contributed by atoms with Gasteiger partial charge in [0.2, 0.25) is 0 Å². The number of carbonyl (C=O) groups excluding carboxylic acids is 1. The Morgan fingerprint density at radius 2 is 1.74 bits per heavy atom. The van der Waals surface area contributed by atoms with E-state index < -0.39 is 0 Å². The van der Waals surface area contributed by atoms with Crippen molar-refractivity contribution in [3.05, 3.63) is 68.4 Å². The summed E-state index contributed by atoms with van der Waals surface area (Å²) in [5.41, 5.74) is 7.85. The number of nitrogens with one attached hydrogen (secondary N) is 2. The zero-order chi connectivity index (χ0) is 28.4. The van der Waals surface area contributed by atoms with E-state index in [4.69, 9.17) is 0 Å². The van der Waals surface area contributed by atoms with E-state index in [9.17, 15) is 9.59 Å². The molecule has 2 N–H and O–H groups in total. The van der Waals surface area contributed by atoms with Crippen molar-refractivity contribution in [3.8, 4) is 11.1 Å². The molecule has 1 aliphatic rings. The smallest absolute Gasteiger partial charge is 0.253 e. The van der Waals surface area contributed by atoms with Gasteiger partial charge in [-0.05, 0) is 109 Å². The molecule has 0 spiro atoms. The number of aryl methyl sites for hydroxylation is 3. The summed E-state index contributed by atoms with van der Waals surface area (Å²) >= 11 is 0. The predicted octanol–water partition coefficient (Wildman–Crippen LogP) is 4.64. The Morgan fingerprint density at radius 1 is 1.08 bits per heavy atom. The topological polar surface area (TPSA) is 86.3 Å². The maximum atomic E-state index is 13.7. The Labute approximate surface area is 232 Å². The number of pyridine rings is 1. The van der Waals surface area contributed by atoms with E-state index in [0.29, 0.717) is 23.2 Å². The number of anilines is 1. The summed E-state index contributed by atoms with van der Waals surface area (Å²) < 4.78 is 1.86. The van der Waals surface area contributed by atoms with Gasteiger partial charge in [0.25, 0.3) is 11.5 Å². The highest BCUT2D eigenvalue weighted by molar-refractivity contribution is 5.99. The SMILES string of the molecule is CCN(c1cc(-c2cnn(C)c2C)cc(C(=O)NCc2c(C)cc(C)[nH]c2=O)c1C)C1CCC(N(C)C)CC1. The fourth-order valence-corrected chi connectivity index (χ4v) is 6.05. The summed E-state index contributed by atoms with van der Waals surface area (Å²) in [6.45, 7) is 11.1. The van der Waals surface area contributed by atoms with Crippen LogP contribution in [0.15, 0.2) is 29.2 Å². The van der Waals surface area contributed by atoms with Crippen molar-refractivity contribution in [2.75, 3.05) is 25.5 Å². The molecule has 0 saturated heterocycles. The summed E-state index contributed by atoms with van der Waals surface area (Å²) in [4.78, 5) is 33.9. The second-order valence-electron chi connectivity index (χ2n) is 11.3. The van der Waals surface area contributed by atoms with E-state index >= 15 is 0 Å². The van der Waals surface area contributed by atoms with Crippen LogP contribution in [0.1, 0.15) is 71.0 Å². The number of hydrogen-bond acceptors (Lipinski definition) is 5. The molecule has 4 rings (SSSR count). The largest absolute Gasteiger partial charge is 0.369 e. The molecule has 2 heterocycles. The van der Waals surface area contributed by atoms with Crippen LogP contribution in [0, 0.1) is 27.7 Å². The van der Waals surface area contributed by atoms with Gasteiger partial charge in [-0.15, -0.1) is 0 Å². The molecule has 8 nitrogen and oxygen atoms in total. The van der Waals surface area contributed by atoms with Crippen molar-refractivity contribution < 1.29 is 4.79 Å². The summed E-state index contributed by atoms with van der Waals surface area (Å²) in [5, 5.41) is 7.49. The first kappa shape index (κ1) is 28.6. The molecule has 2 aromatic heterocycles. The van der Waals surface area contributed by atoms with Gasteiger partial charge < -0.3 is 20.1 Å². The van der Waals surface area contributed by atoms with Crippen LogP contribution in [-0.4, -0.2) is 58.3 Å². The van der Waals surface area contributed by atoms with Gasteiger partial charge in [0.1, 0.15) is 0 Å². The zero-order valence-electron chi connectivity index (χ0n) is 24.8. The maximum Gasteiger partial charge on any atom is 0.253 e. The van der Waals surface area contributed by atoms with Crippen LogP contribution in [0.25, 0.3) is 11.1 Å². The average molecular weight is 533 g/mol. The minimum absolute atomic E-state index is 0.157. The highest BCUT2D eigenvalue weighted by atomic mass is 16.1. The number of aromatic nitrogens is 3. The minimum atomic E-state index is -0.177. The fourth-order valence-electron chi connectivity index (χ4n) is 6.05. The van der Waals surface area contributed by atoms with Crippen LogP contribution >= 0.6 is 0 Å². The Hall–Kier alpha value is -3.39. The third-order valence-electron chi connectivity index (χ3n) is 8.58. The molecule has 3 aromatic rings. The molecular formula is C31H44N6O2. The third-order valence-corrected chi connectivity index (χ3v) is 8.58. The lowest BCUT2D eigenvalue weighted by molar-refractivity contribution is 0.0950. The van der Waals surface area contributed by atoms with E-state index in [1.165, 1.54) is 12.8 Å². The number of carbonyl (C=O) groups is 1. The average Bonchev–Trinajstić information content (AvgIpc) is 3.22. The fraction of sp³-hybridized carbons (Fsp3) is 0.516. The van der Waals surface area contributed by atoms with Gasteiger partial charge in [0, 0.05) is 66.0 Å². The second kappa shape index (κ2) is 11.8.